The lowest BCUT2D eigenvalue weighted by molar-refractivity contribution is -0.123. The van der Waals surface area contributed by atoms with Crippen LogP contribution >= 0.6 is 0 Å². The highest BCUT2D eigenvalue weighted by Crippen LogP contribution is 2.27. The Bertz CT molecular complexity index is 786. The van der Waals surface area contributed by atoms with Crippen molar-refractivity contribution in [3.63, 3.8) is 0 Å². The van der Waals surface area contributed by atoms with Crippen LogP contribution in [-0.4, -0.2) is 35.7 Å². The van der Waals surface area contributed by atoms with Crippen molar-refractivity contribution in [1.82, 2.24) is 14.9 Å². The van der Waals surface area contributed by atoms with Crippen LogP contribution in [0.4, 0.5) is 0 Å². The van der Waals surface area contributed by atoms with Crippen LogP contribution in [0.25, 0.3) is 0 Å². The third-order valence-corrected chi connectivity index (χ3v) is 3.65. The summed E-state index contributed by atoms with van der Waals surface area (Å²) in [6, 6.07) is 7.00. The fraction of sp³-hybridized carbons (Fsp3) is 0.389. The maximum absolute atomic E-state index is 11.9. The molecule has 0 aliphatic carbocycles. The van der Waals surface area contributed by atoms with Crippen LogP contribution in [0.15, 0.2) is 35.4 Å². The Morgan fingerprint density at radius 2 is 2.08 bits per heavy atom. The average Bonchev–Trinajstić information content (AvgIpc) is 2.61. The number of aryl methyl sites for hydroxylation is 2. The molecule has 2 aromatic rings. The van der Waals surface area contributed by atoms with Crippen molar-refractivity contribution in [2.75, 3.05) is 20.3 Å². The van der Waals surface area contributed by atoms with Crippen molar-refractivity contribution >= 4 is 5.91 Å². The van der Waals surface area contributed by atoms with Gasteiger partial charge in [0.1, 0.15) is 0 Å². The number of benzene rings is 1. The molecule has 0 saturated carbocycles. The van der Waals surface area contributed by atoms with Gasteiger partial charge in [0.2, 0.25) is 0 Å². The number of methoxy groups -OCH3 is 1. The van der Waals surface area contributed by atoms with Crippen LogP contribution in [0.1, 0.15) is 18.2 Å². The lowest BCUT2D eigenvalue weighted by Crippen LogP contribution is -2.33. The first-order chi connectivity index (χ1) is 12.0. The Morgan fingerprint density at radius 1 is 1.28 bits per heavy atom. The van der Waals surface area contributed by atoms with E-state index >= 15 is 0 Å². The fourth-order valence-electron chi connectivity index (χ4n) is 2.23. The van der Waals surface area contributed by atoms with Crippen LogP contribution in [0.2, 0.25) is 0 Å². The number of carbonyl (C=O) groups excluding carboxylic acids is 1. The van der Waals surface area contributed by atoms with Crippen LogP contribution in [0.5, 0.6) is 11.5 Å². The van der Waals surface area contributed by atoms with Gasteiger partial charge in [-0.05, 0) is 31.0 Å². The minimum atomic E-state index is -0.270. The number of rotatable bonds is 8. The highest BCUT2D eigenvalue weighted by atomic mass is 16.5. The van der Waals surface area contributed by atoms with Crippen molar-refractivity contribution in [2.45, 2.75) is 26.8 Å². The Balaban J connectivity index is 1.80. The lowest BCUT2D eigenvalue weighted by Gasteiger charge is -2.11. The molecule has 1 heterocycles. The standard InChI is InChI=1S/C18H23N3O4/c1-4-14-10-18(23)21(12-20-14)8-7-19-17(22)11-25-15-6-5-13(2)9-16(15)24-3/h5-6,9-10,12H,4,7-8,11H2,1-3H3,(H,19,22). The third kappa shape index (κ3) is 5.34. The summed E-state index contributed by atoms with van der Waals surface area (Å²) in [7, 11) is 1.55. The molecule has 1 aromatic carbocycles. The highest BCUT2D eigenvalue weighted by molar-refractivity contribution is 5.77. The molecule has 0 bridgehead atoms. The summed E-state index contributed by atoms with van der Waals surface area (Å²) in [5, 5.41) is 2.71. The number of amides is 1. The van der Waals surface area contributed by atoms with Gasteiger partial charge in [-0.15, -0.1) is 0 Å². The lowest BCUT2D eigenvalue weighted by atomic mass is 10.2. The number of nitrogens with one attached hydrogen (secondary N) is 1. The molecule has 0 fully saturated rings. The Morgan fingerprint density at radius 3 is 2.76 bits per heavy atom. The first kappa shape index (κ1) is 18.5. The summed E-state index contributed by atoms with van der Waals surface area (Å²) in [5.74, 6) is 0.828. The van der Waals surface area contributed by atoms with E-state index in [-0.39, 0.29) is 18.1 Å². The molecular formula is C18H23N3O4. The number of carbonyl (C=O) groups is 1. The van der Waals surface area contributed by atoms with Crippen molar-refractivity contribution in [2.24, 2.45) is 0 Å². The quantitative estimate of drug-likeness (QED) is 0.780. The Labute approximate surface area is 146 Å². The first-order valence-corrected chi connectivity index (χ1v) is 8.13. The zero-order valence-electron chi connectivity index (χ0n) is 14.7. The van der Waals surface area contributed by atoms with Gasteiger partial charge >= 0.3 is 0 Å². The van der Waals surface area contributed by atoms with Gasteiger partial charge in [0, 0.05) is 24.8 Å². The molecule has 0 aliphatic heterocycles. The largest absolute Gasteiger partial charge is 0.493 e. The van der Waals surface area contributed by atoms with Crippen LogP contribution in [-0.2, 0) is 17.8 Å². The van der Waals surface area contributed by atoms with E-state index in [4.69, 9.17) is 9.47 Å². The summed E-state index contributed by atoms with van der Waals surface area (Å²) in [6.07, 6.45) is 2.22. The maximum Gasteiger partial charge on any atom is 0.258 e. The van der Waals surface area contributed by atoms with Gasteiger partial charge in [0.25, 0.3) is 11.5 Å². The number of aromatic nitrogens is 2. The van der Waals surface area contributed by atoms with E-state index in [1.165, 1.54) is 17.0 Å². The summed E-state index contributed by atoms with van der Waals surface area (Å²) in [6.45, 7) is 4.44. The number of nitrogens with zero attached hydrogens (tertiary/aromatic N) is 2. The fourth-order valence-corrected chi connectivity index (χ4v) is 2.23. The molecule has 25 heavy (non-hydrogen) atoms. The van der Waals surface area contributed by atoms with Crippen LogP contribution in [0, 0.1) is 6.92 Å². The predicted molar refractivity (Wildman–Crippen MR) is 94.1 cm³/mol. The van der Waals surface area contributed by atoms with E-state index < -0.39 is 0 Å². The first-order valence-electron chi connectivity index (χ1n) is 8.13. The molecule has 0 saturated heterocycles. The van der Waals surface area contributed by atoms with Gasteiger partial charge < -0.3 is 14.8 Å². The maximum atomic E-state index is 11.9. The molecule has 0 atom stereocenters. The molecule has 1 N–H and O–H groups in total. The van der Waals surface area contributed by atoms with E-state index in [0.29, 0.717) is 31.0 Å². The summed E-state index contributed by atoms with van der Waals surface area (Å²) < 4.78 is 12.2. The Kier molecular flexibility index (Phi) is 6.56. The molecule has 7 heteroatoms. The SMILES string of the molecule is CCc1cc(=O)n(CCNC(=O)COc2ccc(C)cc2OC)cn1. The summed E-state index contributed by atoms with van der Waals surface area (Å²) >= 11 is 0. The molecular weight excluding hydrogens is 322 g/mol. The molecule has 1 aromatic heterocycles. The van der Waals surface area contributed by atoms with E-state index in [0.717, 1.165) is 11.3 Å². The molecule has 2 rings (SSSR count). The molecule has 1 amide bonds. The monoisotopic (exact) mass is 345 g/mol. The van der Waals surface area contributed by atoms with Crippen LogP contribution < -0.4 is 20.3 Å². The van der Waals surface area contributed by atoms with Gasteiger partial charge in [-0.25, -0.2) is 4.98 Å². The topological polar surface area (TPSA) is 82.5 Å². The van der Waals surface area contributed by atoms with Crippen molar-refractivity contribution in [3.05, 3.63) is 52.2 Å². The molecule has 0 spiro atoms. The number of hydrogen-bond acceptors (Lipinski definition) is 5. The van der Waals surface area contributed by atoms with Crippen molar-refractivity contribution in [3.8, 4) is 11.5 Å². The van der Waals surface area contributed by atoms with E-state index in [2.05, 4.69) is 10.3 Å². The Hall–Kier alpha value is -2.83. The number of ether oxygens (including phenoxy) is 2. The summed E-state index contributed by atoms with van der Waals surface area (Å²) in [5.41, 5.74) is 1.68. The molecule has 7 nitrogen and oxygen atoms in total. The zero-order valence-corrected chi connectivity index (χ0v) is 14.7. The van der Waals surface area contributed by atoms with Gasteiger partial charge in [0.05, 0.1) is 13.4 Å². The molecule has 0 unspecified atom stereocenters. The highest BCUT2D eigenvalue weighted by Gasteiger charge is 2.08. The molecule has 0 radical (unpaired) electrons. The van der Waals surface area contributed by atoms with Gasteiger partial charge in [-0.2, -0.15) is 0 Å². The smallest absolute Gasteiger partial charge is 0.258 e. The van der Waals surface area contributed by atoms with Crippen molar-refractivity contribution in [1.29, 1.82) is 0 Å². The predicted octanol–water partition coefficient (Wildman–Crippen LogP) is 1.32. The van der Waals surface area contributed by atoms with Crippen LogP contribution in [0.3, 0.4) is 0 Å². The average molecular weight is 345 g/mol. The third-order valence-electron chi connectivity index (χ3n) is 3.65. The van der Waals surface area contributed by atoms with Gasteiger partial charge in [-0.1, -0.05) is 13.0 Å². The van der Waals surface area contributed by atoms with E-state index in [1.54, 1.807) is 13.2 Å². The second kappa shape index (κ2) is 8.86. The summed E-state index contributed by atoms with van der Waals surface area (Å²) in [4.78, 5) is 27.9. The van der Waals surface area contributed by atoms with E-state index in [1.807, 2.05) is 26.0 Å². The molecule has 0 aliphatic rings. The van der Waals surface area contributed by atoms with Crippen molar-refractivity contribution < 1.29 is 14.3 Å². The minimum Gasteiger partial charge on any atom is -0.493 e. The molecule has 134 valence electrons. The second-order valence-corrected chi connectivity index (χ2v) is 5.56. The number of hydrogen-bond donors (Lipinski definition) is 1. The normalized spacial score (nSPS) is 10.4. The van der Waals surface area contributed by atoms with Gasteiger partial charge in [0.15, 0.2) is 18.1 Å². The second-order valence-electron chi connectivity index (χ2n) is 5.56. The zero-order chi connectivity index (χ0) is 18.2. The van der Waals surface area contributed by atoms with Gasteiger partial charge in [-0.3, -0.25) is 14.2 Å². The van der Waals surface area contributed by atoms with E-state index in [9.17, 15) is 9.59 Å². The minimum absolute atomic E-state index is 0.123.